The lowest BCUT2D eigenvalue weighted by molar-refractivity contribution is -0.127. The second kappa shape index (κ2) is 9.30. The zero-order valence-electron chi connectivity index (χ0n) is 17.9. The second-order valence-electron chi connectivity index (χ2n) is 7.60. The summed E-state index contributed by atoms with van der Waals surface area (Å²) in [5.41, 5.74) is 5.82. The van der Waals surface area contributed by atoms with Crippen LogP contribution in [0.15, 0.2) is 54.0 Å². The van der Waals surface area contributed by atoms with E-state index in [0.29, 0.717) is 11.7 Å². The predicted octanol–water partition coefficient (Wildman–Crippen LogP) is 5.07. The summed E-state index contributed by atoms with van der Waals surface area (Å²) < 4.78 is 0. The third-order valence-electron chi connectivity index (χ3n) is 4.95. The fourth-order valence-electron chi connectivity index (χ4n) is 3.21. The first-order chi connectivity index (χ1) is 14.3. The van der Waals surface area contributed by atoms with Crippen LogP contribution in [0.2, 0.25) is 0 Å². The number of carbonyl (C=O) groups is 2. The first-order valence-electron chi connectivity index (χ1n) is 9.90. The molecule has 1 aliphatic heterocycles. The molecule has 1 fully saturated rings. The molecule has 2 aromatic carbocycles. The molecule has 1 unspecified atom stereocenters. The zero-order chi connectivity index (χ0) is 21.8. The number of thioether (sulfide) groups is 1. The standard InChI is InChI=1S/C24H27N3O2S/c1-6-11-27-23(29)21(14-22(28)25-19-12-15(2)7-9-17(19)4)30-24(27)26-20-13-16(3)8-10-18(20)5/h6-10,12-13,21H,1,11,14H2,2-5H3,(H,25,28). The number of benzene rings is 2. The molecule has 6 heteroatoms. The molecule has 0 radical (unpaired) electrons. The third-order valence-corrected chi connectivity index (χ3v) is 6.13. The van der Waals surface area contributed by atoms with E-state index in [1.54, 1.807) is 11.0 Å². The fourth-order valence-corrected chi connectivity index (χ4v) is 4.37. The number of aliphatic imine (C=N–C) groups is 1. The number of hydrogen-bond donors (Lipinski definition) is 1. The minimum absolute atomic E-state index is 0.0936. The van der Waals surface area contributed by atoms with Crippen LogP contribution in [0.4, 0.5) is 11.4 Å². The normalized spacial score (nSPS) is 17.5. The number of nitrogens with one attached hydrogen (secondary N) is 1. The van der Waals surface area contributed by atoms with Gasteiger partial charge in [0.15, 0.2) is 5.17 Å². The smallest absolute Gasteiger partial charge is 0.242 e. The van der Waals surface area contributed by atoms with Gasteiger partial charge in [-0.05, 0) is 62.1 Å². The van der Waals surface area contributed by atoms with Crippen LogP contribution in [0.3, 0.4) is 0 Å². The van der Waals surface area contributed by atoms with E-state index in [4.69, 9.17) is 4.99 Å². The van der Waals surface area contributed by atoms with Crippen molar-refractivity contribution in [2.24, 2.45) is 4.99 Å². The van der Waals surface area contributed by atoms with Gasteiger partial charge >= 0.3 is 0 Å². The topological polar surface area (TPSA) is 61.8 Å². The molecule has 5 nitrogen and oxygen atoms in total. The Balaban J connectivity index is 1.79. The van der Waals surface area contributed by atoms with Crippen molar-refractivity contribution in [3.63, 3.8) is 0 Å². The summed E-state index contributed by atoms with van der Waals surface area (Å²) in [6.07, 6.45) is 1.77. The van der Waals surface area contributed by atoms with Crippen molar-refractivity contribution in [1.82, 2.24) is 4.90 Å². The Morgan fingerprint density at radius 3 is 2.50 bits per heavy atom. The van der Waals surface area contributed by atoms with Crippen molar-refractivity contribution in [3.05, 3.63) is 71.3 Å². The highest BCUT2D eigenvalue weighted by Gasteiger charge is 2.38. The Kier molecular flexibility index (Phi) is 6.77. The van der Waals surface area contributed by atoms with Crippen LogP contribution in [0.1, 0.15) is 28.7 Å². The number of carbonyl (C=O) groups excluding carboxylic acids is 2. The Morgan fingerprint density at radius 1 is 1.13 bits per heavy atom. The molecule has 0 bridgehead atoms. The highest BCUT2D eigenvalue weighted by atomic mass is 32.2. The van der Waals surface area contributed by atoms with Gasteiger partial charge in [-0.15, -0.1) is 6.58 Å². The first kappa shape index (κ1) is 21.8. The van der Waals surface area contributed by atoms with E-state index in [1.165, 1.54) is 11.8 Å². The van der Waals surface area contributed by atoms with Gasteiger partial charge in [-0.25, -0.2) is 4.99 Å². The van der Waals surface area contributed by atoms with Crippen molar-refractivity contribution in [3.8, 4) is 0 Å². The summed E-state index contributed by atoms with van der Waals surface area (Å²) in [5.74, 6) is -0.291. The molecular weight excluding hydrogens is 394 g/mol. The highest BCUT2D eigenvalue weighted by Crippen LogP contribution is 2.33. The second-order valence-corrected chi connectivity index (χ2v) is 8.77. The quantitative estimate of drug-likeness (QED) is 0.663. The molecule has 3 rings (SSSR count). The SMILES string of the molecule is C=CCN1C(=O)C(CC(=O)Nc2cc(C)ccc2C)SC1=Nc1cc(C)ccc1C. The minimum Gasteiger partial charge on any atom is -0.326 e. The zero-order valence-corrected chi connectivity index (χ0v) is 18.7. The first-order valence-corrected chi connectivity index (χ1v) is 10.8. The average Bonchev–Trinajstić information content (AvgIpc) is 2.96. The van der Waals surface area contributed by atoms with E-state index in [0.717, 1.165) is 33.6 Å². The van der Waals surface area contributed by atoms with Crippen LogP contribution in [0.25, 0.3) is 0 Å². The molecule has 0 saturated carbocycles. The number of rotatable bonds is 6. The van der Waals surface area contributed by atoms with Crippen LogP contribution < -0.4 is 5.32 Å². The van der Waals surface area contributed by atoms with Crippen LogP contribution in [-0.2, 0) is 9.59 Å². The van der Waals surface area contributed by atoms with Crippen molar-refractivity contribution < 1.29 is 9.59 Å². The lowest BCUT2D eigenvalue weighted by Gasteiger charge is -2.14. The van der Waals surface area contributed by atoms with E-state index < -0.39 is 5.25 Å². The molecule has 1 atom stereocenters. The van der Waals surface area contributed by atoms with E-state index in [-0.39, 0.29) is 18.2 Å². The predicted molar refractivity (Wildman–Crippen MR) is 125 cm³/mol. The van der Waals surface area contributed by atoms with Gasteiger partial charge in [-0.1, -0.05) is 42.1 Å². The maximum atomic E-state index is 13.0. The van der Waals surface area contributed by atoms with Crippen molar-refractivity contribution in [2.75, 3.05) is 11.9 Å². The minimum atomic E-state index is -0.501. The molecule has 30 heavy (non-hydrogen) atoms. The molecule has 0 aromatic heterocycles. The maximum Gasteiger partial charge on any atom is 0.242 e. The molecule has 156 valence electrons. The summed E-state index contributed by atoms with van der Waals surface area (Å²) in [6.45, 7) is 12.1. The lowest BCUT2D eigenvalue weighted by Crippen LogP contribution is -2.33. The number of anilines is 1. The molecule has 1 N–H and O–H groups in total. The summed E-state index contributed by atoms with van der Waals surface area (Å²) in [6, 6.07) is 12.0. The number of aryl methyl sites for hydroxylation is 4. The maximum absolute atomic E-state index is 13.0. The van der Waals surface area contributed by atoms with Crippen LogP contribution in [0.5, 0.6) is 0 Å². The molecule has 2 aromatic rings. The summed E-state index contributed by atoms with van der Waals surface area (Å²) in [7, 11) is 0. The monoisotopic (exact) mass is 421 g/mol. The van der Waals surface area contributed by atoms with Gasteiger partial charge in [0.1, 0.15) is 5.25 Å². The summed E-state index contributed by atoms with van der Waals surface area (Å²) >= 11 is 1.34. The third kappa shape index (κ3) is 5.00. The number of amidine groups is 1. The van der Waals surface area contributed by atoms with Crippen LogP contribution in [-0.4, -0.2) is 33.7 Å². The molecule has 0 aliphatic carbocycles. The van der Waals surface area contributed by atoms with Crippen LogP contribution in [0, 0.1) is 27.7 Å². The highest BCUT2D eigenvalue weighted by molar-refractivity contribution is 8.15. The van der Waals surface area contributed by atoms with Gasteiger partial charge in [-0.2, -0.15) is 0 Å². The Morgan fingerprint density at radius 2 is 1.80 bits per heavy atom. The number of amides is 2. The van der Waals surface area contributed by atoms with Gasteiger partial charge < -0.3 is 5.32 Å². The van der Waals surface area contributed by atoms with Gasteiger partial charge in [0.2, 0.25) is 11.8 Å². The van der Waals surface area contributed by atoms with E-state index >= 15 is 0 Å². The molecule has 1 aliphatic rings. The molecule has 1 heterocycles. The van der Waals surface area contributed by atoms with Gasteiger partial charge in [0, 0.05) is 18.7 Å². The molecular formula is C24H27N3O2S. The average molecular weight is 422 g/mol. The fraction of sp³-hybridized carbons (Fsp3) is 0.292. The summed E-state index contributed by atoms with van der Waals surface area (Å²) in [4.78, 5) is 32.0. The van der Waals surface area contributed by atoms with Crippen LogP contribution >= 0.6 is 11.8 Å². The lowest BCUT2D eigenvalue weighted by atomic mass is 10.1. The number of hydrogen-bond acceptors (Lipinski definition) is 4. The molecule has 0 spiro atoms. The van der Waals surface area contributed by atoms with Crippen molar-refractivity contribution in [1.29, 1.82) is 0 Å². The largest absolute Gasteiger partial charge is 0.326 e. The van der Waals surface area contributed by atoms with E-state index in [1.807, 2.05) is 64.1 Å². The summed E-state index contributed by atoms with van der Waals surface area (Å²) in [5, 5.41) is 3.05. The Labute approximate surface area is 182 Å². The van der Waals surface area contributed by atoms with Gasteiger partial charge in [0.25, 0.3) is 0 Å². The van der Waals surface area contributed by atoms with E-state index in [9.17, 15) is 9.59 Å². The van der Waals surface area contributed by atoms with Crippen molar-refractivity contribution in [2.45, 2.75) is 39.4 Å². The Hall–Kier alpha value is -2.86. The molecule has 2 amide bonds. The number of nitrogens with zero attached hydrogens (tertiary/aromatic N) is 2. The molecule has 1 saturated heterocycles. The van der Waals surface area contributed by atoms with Crippen molar-refractivity contribution >= 4 is 40.1 Å². The van der Waals surface area contributed by atoms with Gasteiger partial charge in [0.05, 0.1) is 5.69 Å². The Bertz CT molecular complexity index is 1030. The van der Waals surface area contributed by atoms with E-state index in [2.05, 4.69) is 11.9 Å². The van der Waals surface area contributed by atoms with Gasteiger partial charge in [-0.3, -0.25) is 14.5 Å².